The number of halogens is 1. The smallest absolute Gasteiger partial charge is 0.218 e. The maximum absolute atomic E-state index is 13.4. The van der Waals surface area contributed by atoms with Crippen LogP contribution in [0.5, 0.6) is 0 Å². The molecule has 0 amide bonds. The lowest BCUT2D eigenvalue weighted by Crippen LogP contribution is -2.38. The average Bonchev–Trinajstić information content (AvgIpc) is 3.05. The van der Waals surface area contributed by atoms with Crippen LogP contribution in [-0.4, -0.2) is 30.8 Å². The van der Waals surface area contributed by atoms with Crippen molar-refractivity contribution in [1.82, 2.24) is 9.29 Å². The monoisotopic (exact) mass is 372 g/mol. The molecule has 1 aliphatic rings. The molecule has 2 heterocycles. The summed E-state index contributed by atoms with van der Waals surface area (Å²) >= 11 is 0. The molecule has 0 bridgehead atoms. The van der Waals surface area contributed by atoms with Crippen LogP contribution < -0.4 is 0 Å². The average molecular weight is 372 g/mol. The summed E-state index contributed by atoms with van der Waals surface area (Å²) < 4.78 is 40.3. The van der Waals surface area contributed by atoms with E-state index in [1.165, 1.54) is 12.1 Å². The van der Waals surface area contributed by atoms with E-state index in [9.17, 15) is 12.8 Å². The van der Waals surface area contributed by atoms with Crippen molar-refractivity contribution >= 4 is 20.9 Å². The van der Waals surface area contributed by atoms with Crippen LogP contribution in [0.15, 0.2) is 54.7 Å². The molecule has 0 spiro atoms. The third kappa shape index (κ3) is 3.39. The van der Waals surface area contributed by atoms with Gasteiger partial charge in [-0.3, -0.25) is 0 Å². The highest BCUT2D eigenvalue weighted by Crippen LogP contribution is 2.34. The van der Waals surface area contributed by atoms with Crippen LogP contribution in [0.2, 0.25) is 0 Å². The second-order valence-corrected chi connectivity index (χ2v) is 8.82. The number of nitrogens with zero attached hydrogens (tertiary/aromatic N) is 1. The number of rotatable bonds is 4. The van der Waals surface area contributed by atoms with Crippen molar-refractivity contribution in [1.29, 1.82) is 0 Å². The van der Waals surface area contributed by atoms with E-state index >= 15 is 0 Å². The van der Waals surface area contributed by atoms with Crippen LogP contribution in [0.1, 0.15) is 29.9 Å². The minimum absolute atomic E-state index is 0.0465. The molecule has 1 aromatic heterocycles. The van der Waals surface area contributed by atoms with Crippen molar-refractivity contribution in [2.75, 3.05) is 13.1 Å². The maximum Gasteiger partial charge on any atom is 0.218 e. The molecule has 0 aliphatic carbocycles. The van der Waals surface area contributed by atoms with Crippen molar-refractivity contribution in [2.24, 2.45) is 0 Å². The van der Waals surface area contributed by atoms with Crippen LogP contribution in [0.4, 0.5) is 4.39 Å². The SMILES string of the molecule is O=S(=O)(Cc1ccccc1)N1CCC(c2c[nH]c3cc(F)ccc23)CC1. The molecule has 1 aliphatic heterocycles. The fraction of sp³-hybridized carbons (Fsp3) is 0.300. The van der Waals surface area contributed by atoms with E-state index < -0.39 is 10.0 Å². The van der Waals surface area contributed by atoms with Gasteiger partial charge in [-0.2, -0.15) is 0 Å². The Balaban J connectivity index is 1.46. The van der Waals surface area contributed by atoms with E-state index in [-0.39, 0.29) is 17.5 Å². The van der Waals surface area contributed by atoms with Gasteiger partial charge in [-0.15, -0.1) is 0 Å². The summed E-state index contributed by atoms with van der Waals surface area (Å²) in [6.07, 6.45) is 3.49. The van der Waals surface area contributed by atoms with E-state index in [1.54, 1.807) is 10.4 Å². The van der Waals surface area contributed by atoms with Crippen LogP contribution >= 0.6 is 0 Å². The van der Waals surface area contributed by atoms with Crippen LogP contribution in [0, 0.1) is 5.82 Å². The number of piperidine rings is 1. The normalized spacial score (nSPS) is 17.0. The Morgan fingerprint density at radius 2 is 1.81 bits per heavy atom. The Kier molecular flexibility index (Phi) is 4.54. The Bertz CT molecular complexity index is 1010. The zero-order chi connectivity index (χ0) is 18.1. The first kappa shape index (κ1) is 17.2. The highest BCUT2D eigenvalue weighted by atomic mass is 32.2. The molecule has 3 aromatic rings. The fourth-order valence-corrected chi connectivity index (χ4v) is 5.34. The number of hydrogen-bond donors (Lipinski definition) is 1. The van der Waals surface area contributed by atoms with Crippen molar-refractivity contribution < 1.29 is 12.8 Å². The first-order valence-electron chi connectivity index (χ1n) is 8.81. The van der Waals surface area contributed by atoms with Crippen LogP contribution in [0.3, 0.4) is 0 Å². The number of aromatic nitrogens is 1. The number of aromatic amines is 1. The Labute approximate surface area is 152 Å². The maximum atomic E-state index is 13.4. The van der Waals surface area contributed by atoms with Crippen molar-refractivity contribution in [3.05, 3.63) is 71.7 Å². The molecule has 4 nitrogen and oxygen atoms in total. The van der Waals surface area contributed by atoms with Crippen molar-refractivity contribution in [3.8, 4) is 0 Å². The van der Waals surface area contributed by atoms with Crippen LogP contribution in [0.25, 0.3) is 10.9 Å². The van der Waals surface area contributed by atoms with E-state index in [2.05, 4.69) is 4.98 Å². The predicted molar refractivity (Wildman–Crippen MR) is 101 cm³/mol. The number of fused-ring (bicyclic) bond motifs is 1. The molecule has 26 heavy (non-hydrogen) atoms. The van der Waals surface area contributed by atoms with Crippen LogP contribution in [-0.2, 0) is 15.8 Å². The minimum atomic E-state index is -3.30. The topological polar surface area (TPSA) is 53.2 Å². The molecule has 1 fully saturated rings. The molecule has 6 heteroatoms. The summed E-state index contributed by atoms with van der Waals surface area (Å²) in [5.74, 6) is 0.0790. The Morgan fingerprint density at radius 3 is 2.54 bits per heavy atom. The minimum Gasteiger partial charge on any atom is -0.361 e. The fourth-order valence-electron chi connectivity index (χ4n) is 3.78. The first-order valence-corrected chi connectivity index (χ1v) is 10.4. The molecule has 136 valence electrons. The van der Waals surface area contributed by atoms with Gasteiger partial charge in [-0.05, 0) is 48.1 Å². The summed E-state index contributed by atoms with van der Waals surface area (Å²) in [7, 11) is -3.30. The van der Waals surface area contributed by atoms with Crippen molar-refractivity contribution in [3.63, 3.8) is 0 Å². The van der Waals surface area contributed by atoms with Crippen molar-refractivity contribution in [2.45, 2.75) is 24.5 Å². The van der Waals surface area contributed by atoms with Gasteiger partial charge < -0.3 is 4.98 Å². The van der Waals surface area contributed by atoms with Gasteiger partial charge in [0.1, 0.15) is 5.82 Å². The van der Waals surface area contributed by atoms with Gasteiger partial charge in [0, 0.05) is 30.2 Å². The molecule has 4 rings (SSSR count). The van der Waals surface area contributed by atoms with Gasteiger partial charge in [0.2, 0.25) is 10.0 Å². The van der Waals surface area contributed by atoms with E-state index in [0.29, 0.717) is 13.1 Å². The number of sulfonamides is 1. The standard InChI is InChI=1S/C20H21FN2O2S/c21-17-6-7-18-19(13-22-20(18)12-17)16-8-10-23(11-9-16)26(24,25)14-15-4-2-1-3-5-15/h1-7,12-13,16,22H,8-11,14H2. The molecule has 0 radical (unpaired) electrons. The molecular weight excluding hydrogens is 351 g/mol. The third-order valence-corrected chi connectivity index (χ3v) is 7.00. The summed E-state index contributed by atoms with van der Waals surface area (Å²) in [6, 6.07) is 14.1. The highest BCUT2D eigenvalue weighted by Gasteiger charge is 2.29. The van der Waals surface area contributed by atoms with Gasteiger partial charge in [0.05, 0.1) is 5.75 Å². The van der Waals surface area contributed by atoms with E-state index in [4.69, 9.17) is 0 Å². The lowest BCUT2D eigenvalue weighted by Gasteiger charge is -2.31. The first-order chi connectivity index (χ1) is 12.5. The molecule has 1 saturated heterocycles. The summed E-state index contributed by atoms with van der Waals surface area (Å²) in [6.45, 7) is 1.04. The van der Waals surface area contributed by atoms with Gasteiger partial charge in [-0.25, -0.2) is 17.1 Å². The number of hydrogen-bond acceptors (Lipinski definition) is 2. The second kappa shape index (κ2) is 6.85. The molecule has 2 aromatic carbocycles. The van der Waals surface area contributed by atoms with Gasteiger partial charge in [-0.1, -0.05) is 30.3 Å². The summed E-state index contributed by atoms with van der Waals surface area (Å²) in [4.78, 5) is 3.13. The largest absolute Gasteiger partial charge is 0.361 e. The van der Waals surface area contributed by atoms with E-state index in [0.717, 1.165) is 34.9 Å². The van der Waals surface area contributed by atoms with Gasteiger partial charge in [0.25, 0.3) is 0 Å². The highest BCUT2D eigenvalue weighted by molar-refractivity contribution is 7.88. The molecule has 0 saturated carbocycles. The van der Waals surface area contributed by atoms with Gasteiger partial charge in [0.15, 0.2) is 0 Å². The molecular formula is C20H21FN2O2S. The molecule has 0 unspecified atom stereocenters. The number of nitrogens with one attached hydrogen (secondary N) is 1. The summed E-state index contributed by atoms with van der Waals surface area (Å²) in [5, 5.41) is 1.02. The Morgan fingerprint density at radius 1 is 1.08 bits per heavy atom. The molecule has 1 N–H and O–H groups in total. The predicted octanol–water partition coefficient (Wildman–Crippen LogP) is 4.02. The van der Waals surface area contributed by atoms with E-state index in [1.807, 2.05) is 36.5 Å². The zero-order valence-electron chi connectivity index (χ0n) is 14.4. The van der Waals surface area contributed by atoms with Gasteiger partial charge >= 0.3 is 0 Å². The lowest BCUT2D eigenvalue weighted by molar-refractivity contribution is 0.320. The Hall–Kier alpha value is -2.18. The zero-order valence-corrected chi connectivity index (χ0v) is 15.2. The second-order valence-electron chi connectivity index (χ2n) is 6.85. The lowest BCUT2D eigenvalue weighted by atomic mass is 9.90. The number of H-pyrrole nitrogens is 1. The quantitative estimate of drug-likeness (QED) is 0.752. The number of benzene rings is 2. The third-order valence-electron chi connectivity index (χ3n) is 5.15. The summed E-state index contributed by atoms with van der Waals surface area (Å²) in [5.41, 5.74) is 2.76. The molecule has 0 atom stereocenters.